The second kappa shape index (κ2) is 8.75. The van der Waals surface area contributed by atoms with Crippen molar-refractivity contribution in [2.24, 2.45) is 0 Å². The zero-order valence-corrected chi connectivity index (χ0v) is 16.6. The first-order valence-corrected chi connectivity index (χ1v) is 9.96. The predicted octanol–water partition coefficient (Wildman–Crippen LogP) is 2.81. The first-order valence-electron chi connectivity index (χ1n) is 9.15. The Labute approximate surface area is 159 Å². The van der Waals surface area contributed by atoms with E-state index < -0.39 is 0 Å². The summed E-state index contributed by atoms with van der Waals surface area (Å²) in [5.74, 6) is 0.0575. The number of benzene rings is 1. The number of carbonyl (C=O) groups excluding carboxylic acids is 1. The summed E-state index contributed by atoms with van der Waals surface area (Å²) in [6, 6.07) is 8.63. The largest absolute Gasteiger partial charge is 0.379 e. The van der Waals surface area contributed by atoms with Gasteiger partial charge in [0.05, 0.1) is 30.3 Å². The maximum Gasteiger partial charge on any atom is 0.225 e. The Morgan fingerprint density at radius 1 is 1.27 bits per heavy atom. The monoisotopic (exact) mass is 373 g/mol. The first-order chi connectivity index (χ1) is 12.5. The van der Waals surface area contributed by atoms with E-state index in [4.69, 9.17) is 4.74 Å². The van der Waals surface area contributed by atoms with E-state index in [2.05, 4.69) is 53.3 Å². The van der Waals surface area contributed by atoms with Crippen LogP contribution in [0.25, 0.3) is 11.3 Å². The molecule has 0 bridgehead atoms. The van der Waals surface area contributed by atoms with Gasteiger partial charge in [-0.25, -0.2) is 4.98 Å². The zero-order chi connectivity index (χ0) is 18.5. The number of aromatic nitrogens is 1. The average molecular weight is 374 g/mol. The van der Waals surface area contributed by atoms with Gasteiger partial charge in [0.2, 0.25) is 5.91 Å². The van der Waals surface area contributed by atoms with Gasteiger partial charge in [-0.15, -0.1) is 11.3 Å². The van der Waals surface area contributed by atoms with Gasteiger partial charge in [-0.3, -0.25) is 9.69 Å². The van der Waals surface area contributed by atoms with Crippen molar-refractivity contribution in [3.05, 3.63) is 39.7 Å². The molecule has 1 aromatic carbocycles. The average Bonchev–Trinajstić information content (AvgIpc) is 3.01. The number of ether oxygens (including phenoxy) is 1. The third-order valence-electron chi connectivity index (χ3n) is 4.71. The molecule has 1 amide bonds. The molecule has 0 spiro atoms. The molecule has 140 valence electrons. The van der Waals surface area contributed by atoms with Crippen molar-refractivity contribution >= 4 is 17.2 Å². The van der Waals surface area contributed by atoms with Gasteiger partial charge in [0.15, 0.2) is 0 Å². The summed E-state index contributed by atoms with van der Waals surface area (Å²) in [5, 5.41) is 4.07. The maximum atomic E-state index is 12.5. The normalized spacial score (nSPS) is 16.4. The summed E-state index contributed by atoms with van der Waals surface area (Å²) in [7, 11) is 0. The number of amides is 1. The molecule has 1 aliphatic rings. The van der Waals surface area contributed by atoms with Crippen LogP contribution < -0.4 is 5.32 Å². The van der Waals surface area contributed by atoms with Gasteiger partial charge in [-0.1, -0.05) is 29.8 Å². The highest BCUT2D eigenvalue weighted by molar-refractivity contribution is 7.12. The number of aryl methyl sites for hydroxylation is 2. The van der Waals surface area contributed by atoms with Crippen LogP contribution in [0.15, 0.2) is 24.3 Å². The van der Waals surface area contributed by atoms with Crippen LogP contribution >= 0.6 is 11.3 Å². The second-order valence-electron chi connectivity index (χ2n) is 6.85. The van der Waals surface area contributed by atoms with Gasteiger partial charge in [-0.2, -0.15) is 0 Å². The second-order valence-corrected chi connectivity index (χ2v) is 8.14. The number of nitrogens with zero attached hydrogens (tertiary/aromatic N) is 2. The summed E-state index contributed by atoms with van der Waals surface area (Å²) < 4.78 is 5.38. The predicted molar refractivity (Wildman–Crippen MR) is 106 cm³/mol. The molecule has 1 N–H and O–H groups in total. The van der Waals surface area contributed by atoms with Crippen molar-refractivity contribution in [2.45, 2.75) is 33.2 Å². The number of hydrogen-bond acceptors (Lipinski definition) is 5. The molecule has 26 heavy (non-hydrogen) atoms. The van der Waals surface area contributed by atoms with E-state index in [1.165, 1.54) is 5.56 Å². The van der Waals surface area contributed by atoms with Gasteiger partial charge in [0.25, 0.3) is 0 Å². The quantitative estimate of drug-likeness (QED) is 0.846. The summed E-state index contributed by atoms with van der Waals surface area (Å²) in [4.78, 5) is 20.5. The molecule has 1 atom stereocenters. The molecule has 3 rings (SSSR count). The molecule has 1 fully saturated rings. The number of nitrogens with one attached hydrogen (secondary N) is 1. The highest BCUT2D eigenvalue weighted by atomic mass is 32.1. The molecule has 2 heterocycles. The van der Waals surface area contributed by atoms with E-state index in [9.17, 15) is 4.79 Å². The topological polar surface area (TPSA) is 54.5 Å². The Bertz CT molecular complexity index is 736. The first kappa shape index (κ1) is 19.0. The molecule has 2 aromatic rings. The van der Waals surface area contributed by atoms with Crippen LogP contribution in [0.1, 0.15) is 22.4 Å². The molecule has 1 saturated heterocycles. The number of carbonyl (C=O) groups is 1. The van der Waals surface area contributed by atoms with Gasteiger partial charge >= 0.3 is 0 Å². The maximum absolute atomic E-state index is 12.5. The van der Waals surface area contributed by atoms with Crippen LogP contribution in [-0.2, 0) is 16.0 Å². The molecule has 0 saturated carbocycles. The van der Waals surface area contributed by atoms with E-state index in [0.29, 0.717) is 19.0 Å². The highest BCUT2D eigenvalue weighted by Crippen LogP contribution is 2.28. The molecule has 1 unspecified atom stereocenters. The SMILES string of the molecule is Cc1ccc(-c2nc(C)sc2CC(=O)NCC(C)N2CCOCC2)cc1. The van der Waals surface area contributed by atoms with Crippen LogP contribution in [0.5, 0.6) is 0 Å². The minimum atomic E-state index is 0.0575. The van der Waals surface area contributed by atoms with Crippen LogP contribution in [0.2, 0.25) is 0 Å². The molecule has 0 radical (unpaired) electrons. The van der Waals surface area contributed by atoms with Crippen molar-refractivity contribution in [3.63, 3.8) is 0 Å². The lowest BCUT2D eigenvalue weighted by Gasteiger charge is -2.32. The third kappa shape index (κ3) is 4.90. The van der Waals surface area contributed by atoms with Crippen LogP contribution in [-0.4, -0.2) is 54.7 Å². The Balaban J connectivity index is 1.60. The van der Waals surface area contributed by atoms with Crippen molar-refractivity contribution < 1.29 is 9.53 Å². The van der Waals surface area contributed by atoms with Crippen LogP contribution in [0, 0.1) is 13.8 Å². The Morgan fingerprint density at radius 2 is 1.96 bits per heavy atom. The molecule has 1 aliphatic heterocycles. The van der Waals surface area contributed by atoms with E-state index in [0.717, 1.165) is 47.4 Å². The smallest absolute Gasteiger partial charge is 0.225 e. The molecular weight excluding hydrogens is 346 g/mol. The zero-order valence-electron chi connectivity index (χ0n) is 15.7. The van der Waals surface area contributed by atoms with Crippen molar-refractivity contribution in [3.8, 4) is 11.3 Å². The molecule has 0 aliphatic carbocycles. The fourth-order valence-corrected chi connectivity index (χ4v) is 4.10. The number of rotatable bonds is 6. The van der Waals surface area contributed by atoms with E-state index in [1.54, 1.807) is 11.3 Å². The standard InChI is InChI=1S/C20H27N3O2S/c1-14-4-6-17(7-5-14)20-18(26-16(3)22-20)12-19(24)21-13-15(2)23-8-10-25-11-9-23/h4-7,15H,8-13H2,1-3H3,(H,21,24). The molecule has 6 heteroatoms. The Kier molecular flexibility index (Phi) is 6.40. The number of thiazole rings is 1. The van der Waals surface area contributed by atoms with E-state index >= 15 is 0 Å². The van der Waals surface area contributed by atoms with Crippen molar-refractivity contribution in [2.75, 3.05) is 32.8 Å². The van der Waals surface area contributed by atoms with Crippen LogP contribution in [0.3, 0.4) is 0 Å². The lowest BCUT2D eigenvalue weighted by atomic mass is 10.1. The summed E-state index contributed by atoms with van der Waals surface area (Å²) in [6.07, 6.45) is 0.380. The van der Waals surface area contributed by atoms with Crippen LogP contribution in [0.4, 0.5) is 0 Å². The van der Waals surface area contributed by atoms with Gasteiger partial charge < -0.3 is 10.1 Å². The molecule has 1 aromatic heterocycles. The van der Waals surface area contributed by atoms with Gasteiger partial charge in [-0.05, 0) is 20.8 Å². The number of morpholine rings is 1. The molecular formula is C20H27N3O2S. The van der Waals surface area contributed by atoms with Gasteiger partial charge in [0, 0.05) is 36.1 Å². The summed E-state index contributed by atoms with van der Waals surface area (Å²) in [5.41, 5.74) is 3.23. The van der Waals surface area contributed by atoms with Gasteiger partial charge in [0.1, 0.15) is 0 Å². The highest BCUT2D eigenvalue weighted by Gasteiger charge is 2.19. The Morgan fingerprint density at radius 3 is 2.65 bits per heavy atom. The fourth-order valence-electron chi connectivity index (χ4n) is 3.14. The summed E-state index contributed by atoms with van der Waals surface area (Å²) >= 11 is 1.61. The van der Waals surface area contributed by atoms with Crippen molar-refractivity contribution in [1.29, 1.82) is 0 Å². The lowest BCUT2D eigenvalue weighted by Crippen LogP contribution is -2.47. The molecule has 5 nitrogen and oxygen atoms in total. The van der Waals surface area contributed by atoms with E-state index in [-0.39, 0.29) is 5.91 Å². The Hall–Kier alpha value is -1.76. The van der Waals surface area contributed by atoms with E-state index in [1.807, 2.05) is 6.92 Å². The lowest BCUT2D eigenvalue weighted by molar-refractivity contribution is -0.120. The van der Waals surface area contributed by atoms with Crippen molar-refractivity contribution in [1.82, 2.24) is 15.2 Å². The fraction of sp³-hybridized carbons (Fsp3) is 0.500. The summed E-state index contributed by atoms with van der Waals surface area (Å²) in [6.45, 7) is 10.3. The minimum Gasteiger partial charge on any atom is -0.379 e. The number of hydrogen-bond donors (Lipinski definition) is 1. The third-order valence-corrected chi connectivity index (χ3v) is 5.68. The minimum absolute atomic E-state index is 0.0575.